The van der Waals surface area contributed by atoms with Gasteiger partial charge in [0.2, 0.25) is 0 Å². The quantitative estimate of drug-likeness (QED) is 0.563. The Morgan fingerprint density at radius 3 is 2.25 bits per heavy atom. The second-order valence-corrected chi connectivity index (χ2v) is 2.31. The number of hydrogen-bond acceptors (Lipinski definition) is 0. The van der Waals surface area contributed by atoms with Gasteiger partial charge in [-0.2, -0.15) is 13.2 Å². The fourth-order valence-corrected chi connectivity index (χ4v) is 0.627. The summed E-state index contributed by atoms with van der Waals surface area (Å²) in [6.45, 7) is 3.55. The molecule has 0 nitrogen and oxygen atoms in total. The lowest BCUT2D eigenvalue weighted by Gasteiger charge is -1.95. The second-order valence-electron chi connectivity index (χ2n) is 2.31. The molecule has 0 aromatic carbocycles. The summed E-state index contributed by atoms with van der Waals surface area (Å²) < 4.78 is 34.7. The van der Waals surface area contributed by atoms with Gasteiger partial charge in [0, 0.05) is 6.08 Å². The molecule has 0 aliphatic rings. The topological polar surface area (TPSA) is 0 Å². The number of rotatable bonds is 2. The molecule has 0 N–H and O–H groups in total. The van der Waals surface area contributed by atoms with Gasteiger partial charge in [0.15, 0.2) is 0 Å². The average molecular weight is 176 g/mol. The summed E-state index contributed by atoms with van der Waals surface area (Å²) in [5.41, 5.74) is 0.790. The Bertz CT molecular complexity index is 206. The lowest BCUT2D eigenvalue weighted by atomic mass is 10.2. The molecule has 0 spiro atoms. The molecule has 0 saturated carbocycles. The monoisotopic (exact) mass is 176 g/mol. The first-order valence-corrected chi connectivity index (χ1v) is 3.51. The minimum absolute atomic E-state index is 0.208. The van der Waals surface area contributed by atoms with Crippen LogP contribution >= 0.6 is 0 Å². The zero-order chi connectivity index (χ0) is 9.61. The minimum atomic E-state index is -4.22. The Hall–Kier alpha value is -0.990. The van der Waals surface area contributed by atoms with Crippen LogP contribution in [-0.4, -0.2) is 6.18 Å². The van der Waals surface area contributed by atoms with Crippen LogP contribution < -0.4 is 0 Å². The standard InChI is InChI=1S/C9H11F3/c1-3-5-8(2)6-4-7-9(10,11)12/h3-7H,1-2H3/b5-3-,7-4+,8-6-. The Kier molecular flexibility index (Phi) is 4.40. The number of alkyl halides is 3. The van der Waals surface area contributed by atoms with Gasteiger partial charge in [0.1, 0.15) is 0 Å². The number of halogens is 3. The van der Waals surface area contributed by atoms with Crippen LogP contribution in [0, 0.1) is 0 Å². The van der Waals surface area contributed by atoms with Crippen LogP contribution in [0.1, 0.15) is 13.8 Å². The van der Waals surface area contributed by atoms with Crippen molar-refractivity contribution in [3.05, 3.63) is 36.0 Å². The van der Waals surface area contributed by atoms with Gasteiger partial charge < -0.3 is 0 Å². The lowest BCUT2D eigenvalue weighted by Crippen LogP contribution is -1.99. The van der Waals surface area contributed by atoms with E-state index in [1.807, 2.05) is 6.92 Å². The molecule has 0 fully saturated rings. The van der Waals surface area contributed by atoms with Crippen molar-refractivity contribution in [3.8, 4) is 0 Å². The van der Waals surface area contributed by atoms with Gasteiger partial charge in [-0.05, 0) is 13.8 Å². The fourth-order valence-electron chi connectivity index (χ4n) is 0.627. The summed E-state index contributed by atoms with van der Waals surface area (Å²) in [5.74, 6) is 0. The Labute approximate surface area is 70.1 Å². The molecular formula is C9H11F3. The summed E-state index contributed by atoms with van der Waals surface area (Å²) in [6, 6.07) is 0. The van der Waals surface area contributed by atoms with Crippen molar-refractivity contribution in [2.45, 2.75) is 20.0 Å². The summed E-state index contributed by atoms with van der Waals surface area (Å²) in [7, 11) is 0. The molecule has 0 heterocycles. The van der Waals surface area contributed by atoms with Crippen LogP contribution in [0.15, 0.2) is 36.0 Å². The molecule has 0 amide bonds. The van der Waals surface area contributed by atoms with E-state index in [-0.39, 0.29) is 6.08 Å². The molecule has 68 valence electrons. The van der Waals surface area contributed by atoms with Crippen LogP contribution in [0.4, 0.5) is 13.2 Å². The van der Waals surface area contributed by atoms with Gasteiger partial charge in [-0.25, -0.2) is 0 Å². The number of allylic oxidation sites excluding steroid dienone is 6. The first-order valence-electron chi connectivity index (χ1n) is 3.51. The first kappa shape index (κ1) is 11.0. The van der Waals surface area contributed by atoms with Crippen LogP contribution in [0.25, 0.3) is 0 Å². The smallest absolute Gasteiger partial charge is 0.167 e. The van der Waals surface area contributed by atoms with Crippen molar-refractivity contribution in [2.75, 3.05) is 0 Å². The molecule has 0 aromatic heterocycles. The molecule has 0 unspecified atom stereocenters. The van der Waals surface area contributed by atoms with Gasteiger partial charge >= 0.3 is 6.18 Å². The summed E-state index contributed by atoms with van der Waals surface area (Å²) in [4.78, 5) is 0. The summed E-state index contributed by atoms with van der Waals surface area (Å²) in [5, 5.41) is 0. The van der Waals surface area contributed by atoms with E-state index in [2.05, 4.69) is 0 Å². The average Bonchev–Trinajstić information content (AvgIpc) is 1.84. The molecule has 0 atom stereocenters. The van der Waals surface area contributed by atoms with E-state index in [0.29, 0.717) is 0 Å². The van der Waals surface area contributed by atoms with E-state index in [4.69, 9.17) is 0 Å². The largest absolute Gasteiger partial charge is 0.409 e. The molecule has 0 saturated heterocycles. The molecular weight excluding hydrogens is 165 g/mol. The summed E-state index contributed by atoms with van der Waals surface area (Å²) >= 11 is 0. The highest BCUT2D eigenvalue weighted by molar-refractivity contribution is 5.21. The molecule has 12 heavy (non-hydrogen) atoms. The third kappa shape index (κ3) is 7.12. The maximum Gasteiger partial charge on any atom is 0.409 e. The van der Waals surface area contributed by atoms with Gasteiger partial charge in [-0.3, -0.25) is 0 Å². The van der Waals surface area contributed by atoms with Gasteiger partial charge in [0.05, 0.1) is 0 Å². The zero-order valence-corrected chi connectivity index (χ0v) is 7.02. The van der Waals surface area contributed by atoms with Gasteiger partial charge in [-0.1, -0.05) is 29.9 Å². The highest BCUT2D eigenvalue weighted by Crippen LogP contribution is 2.15. The van der Waals surface area contributed by atoms with Gasteiger partial charge in [0.25, 0.3) is 0 Å². The fraction of sp³-hybridized carbons (Fsp3) is 0.333. The second kappa shape index (κ2) is 4.80. The number of hydrogen-bond donors (Lipinski definition) is 0. The van der Waals surface area contributed by atoms with E-state index in [1.165, 1.54) is 6.08 Å². The van der Waals surface area contributed by atoms with Crippen molar-refractivity contribution >= 4 is 0 Å². The van der Waals surface area contributed by atoms with Crippen molar-refractivity contribution in [2.24, 2.45) is 0 Å². The molecule has 0 rings (SSSR count). The highest BCUT2D eigenvalue weighted by Gasteiger charge is 2.21. The predicted octanol–water partition coefficient (Wildman–Crippen LogP) is 3.63. The molecule has 0 aromatic rings. The third-order valence-electron chi connectivity index (χ3n) is 1.07. The van der Waals surface area contributed by atoms with Crippen LogP contribution in [-0.2, 0) is 0 Å². The molecule has 0 aliphatic carbocycles. The van der Waals surface area contributed by atoms with Crippen LogP contribution in [0.5, 0.6) is 0 Å². The molecule has 0 radical (unpaired) electrons. The highest BCUT2D eigenvalue weighted by atomic mass is 19.4. The summed E-state index contributed by atoms with van der Waals surface area (Å²) in [6.07, 6.45) is 1.91. The van der Waals surface area contributed by atoms with E-state index in [9.17, 15) is 13.2 Å². The normalized spacial score (nSPS) is 14.9. The van der Waals surface area contributed by atoms with E-state index >= 15 is 0 Å². The van der Waals surface area contributed by atoms with Gasteiger partial charge in [-0.15, -0.1) is 0 Å². The minimum Gasteiger partial charge on any atom is -0.167 e. The predicted molar refractivity (Wildman–Crippen MR) is 43.8 cm³/mol. The maximum absolute atomic E-state index is 11.6. The van der Waals surface area contributed by atoms with Crippen molar-refractivity contribution in [1.29, 1.82) is 0 Å². The van der Waals surface area contributed by atoms with Crippen LogP contribution in [0.3, 0.4) is 0 Å². The Morgan fingerprint density at radius 1 is 1.25 bits per heavy atom. The maximum atomic E-state index is 11.6. The molecule has 0 bridgehead atoms. The van der Waals surface area contributed by atoms with Crippen molar-refractivity contribution in [1.82, 2.24) is 0 Å². The zero-order valence-electron chi connectivity index (χ0n) is 7.02. The van der Waals surface area contributed by atoms with E-state index in [0.717, 1.165) is 11.6 Å². The van der Waals surface area contributed by atoms with E-state index < -0.39 is 6.18 Å². The van der Waals surface area contributed by atoms with E-state index in [1.54, 1.807) is 19.1 Å². The Morgan fingerprint density at radius 2 is 1.83 bits per heavy atom. The molecule has 0 aliphatic heterocycles. The Balaban J connectivity index is 4.12. The van der Waals surface area contributed by atoms with Crippen LogP contribution in [0.2, 0.25) is 0 Å². The SMILES string of the molecule is C\C=C/C(C)=C\C=C\C(F)(F)F. The lowest BCUT2D eigenvalue weighted by molar-refractivity contribution is -0.0798. The third-order valence-corrected chi connectivity index (χ3v) is 1.07. The van der Waals surface area contributed by atoms with Crippen molar-refractivity contribution < 1.29 is 13.2 Å². The molecule has 3 heteroatoms. The first-order chi connectivity index (χ1) is 5.45. The van der Waals surface area contributed by atoms with Crippen molar-refractivity contribution in [3.63, 3.8) is 0 Å².